The van der Waals surface area contributed by atoms with Gasteiger partial charge in [0.05, 0.1) is 12.8 Å². The zero-order chi connectivity index (χ0) is 11.3. The number of hydrogen-bond acceptors (Lipinski definition) is 2. The molecule has 2 nitrogen and oxygen atoms in total. The first kappa shape index (κ1) is 12.4. The minimum absolute atomic E-state index is 0.625. The van der Waals surface area contributed by atoms with Crippen LogP contribution in [0.3, 0.4) is 0 Å². The number of nitrogens with zero attached hydrogens (tertiary/aromatic N) is 1. The highest BCUT2D eigenvalue weighted by Crippen LogP contribution is 2.27. The van der Waals surface area contributed by atoms with Gasteiger partial charge in [-0.25, -0.2) is 0 Å². The molecule has 1 unspecified atom stereocenters. The molecule has 3 heteroatoms. The molecule has 1 aromatic rings. The number of rotatable bonds is 5. The van der Waals surface area contributed by atoms with E-state index >= 15 is 0 Å². The summed E-state index contributed by atoms with van der Waals surface area (Å²) in [6.45, 7) is 3.24. The summed E-state index contributed by atoms with van der Waals surface area (Å²) >= 11 is 3.49. The van der Waals surface area contributed by atoms with Crippen molar-refractivity contribution in [3.63, 3.8) is 0 Å². The third-order valence-electron chi connectivity index (χ3n) is 2.35. The summed E-state index contributed by atoms with van der Waals surface area (Å²) in [6, 6.07) is 8.10. The fourth-order valence-electron chi connectivity index (χ4n) is 1.56. The molecule has 0 amide bonds. The van der Waals surface area contributed by atoms with Crippen LogP contribution in [-0.2, 0) is 0 Å². The van der Waals surface area contributed by atoms with Crippen LogP contribution in [0.5, 0.6) is 5.75 Å². The Kier molecular flexibility index (Phi) is 4.95. The molecule has 0 aromatic heterocycles. The Morgan fingerprint density at radius 1 is 1.40 bits per heavy atom. The van der Waals surface area contributed by atoms with E-state index in [2.05, 4.69) is 40.9 Å². The molecule has 0 saturated carbocycles. The molecular formula is C12H18BrNO. The van der Waals surface area contributed by atoms with E-state index in [4.69, 9.17) is 4.74 Å². The third kappa shape index (κ3) is 3.42. The average Bonchev–Trinajstić information content (AvgIpc) is 2.28. The van der Waals surface area contributed by atoms with Gasteiger partial charge in [0.2, 0.25) is 0 Å². The minimum atomic E-state index is 0.625. The van der Waals surface area contributed by atoms with Gasteiger partial charge in [-0.2, -0.15) is 0 Å². The molecule has 1 aromatic carbocycles. The minimum Gasteiger partial charge on any atom is -0.495 e. The summed E-state index contributed by atoms with van der Waals surface area (Å²) < 4.78 is 5.33. The van der Waals surface area contributed by atoms with Crippen molar-refractivity contribution < 1.29 is 4.74 Å². The summed E-state index contributed by atoms with van der Waals surface area (Å²) in [5.41, 5.74) is 1.15. The number of para-hydroxylation sites is 2. The van der Waals surface area contributed by atoms with Crippen molar-refractivity contribution in [1.29, 1.82) is 0 Å². The highest BCUT2D eigenvalue weighted by molar-refractivity contribution is 9.09. The van der Waals surface area contributed by atoms with E-state index in [-0.39, 0.29) is 0 Å². The fraction of sp³-hybridized carbons (Fsp3) is 0.500. The molecule has 0 aliphatic heterocycles. The molecule has 1 atom stereocenters. The number of anilines is 1. The summed E-state index contributed by atoms with van der Waals surface area (Å²) in [4.78, 5) is 2.23. The Morgan fingerprint density at radius 3 is 2.67 bits per heavy atom. The maximum atomic E-state index is 5.33. The Morgan fingerprint density at radius 2 is 2.07 bits per heavy atom. The number of ether oxygens (including phenoxy) is 1. The summed E-state index contributed by atoms with van der Waals surface area (Å²) in [5, 5.41) is 1.02. The van der Waals surface area contributed by atoms with Crippen molar-refractivity contribution in [2.75, 3.05) is 30.9 Å². The first-order valence-corrected chi connectivity index (χ1v) is 6.21. The van der Waals surface area contributed by atoms with Gasteiger partial charge in [0.1, 0.15) is 5.75 Å². The number of hydrogen-bond donors (Lipinski definition) is 0. The summed E-state index contributed by atoms with van der Waals surface area (Å²) in [7, 11) is 3.80. The van der Waals surface area contributed by atoms with Crippen LogP contribution < -0.4 is 9.64 Å². The third-order valence-corrected chi connectivity index (χ3v) is 3.45. The summed E-state index contributed by atoms with van der Waals surface area (Å²) in [6.07, 6.45) is 0. The van der Waals surface area contributed by atoms with Crippen molar-refractivity contribution in [3.05, 3.63) is 24.3 Å². The molecule has 0 bridgehead atoms. The normalized spacial score (nSPS) is 12.3. The van der Waals surface area contributed by atoms with Gasteiger partial charge in [-0.05, 0) is 18.1 Å². The van der Waals surface area contributed by atoms with E-state index in [1.165, 1.54) is 0 Å². The fourth-order valence-corrected chi connectivity index (χ4v) is 1.76. The van der Waals surface area contributed by atoms with Crippen molar-refractivity contribution >= 4 is 21.6 Å². The number of benzene rings is 1. The van der Waals surface area contributed by atoms with Crippen molar-refractivity contribution in [2.24, 2.45) is 5.92 Å². The van der Waals surface area contributed by atoms with Crippen LogP contribution in [0.15, 0.2) is 24.3 Å². The van der Waals surface area contributed by atoms with Gasteiger partial charge in [-0.3, -0.25) is 0 Å². The van der Waals surface area contributed by atoms with E-state index in [1.807, 2.05) is 18.2 Å². The smallest absolute Gasteiger partial charge is 0.142 e. The van der Waals surface area contributed by atoms with Gasteiger partial charge >= 0.3 is 0 Å². The highest BCUT2D eigenvalue weighted by atomic mass is 79.9. The van der Waals surface area contributed by atoms with Crippen LogP contribution in [-0.4, -0.2) is 26.0 Å². The molecule has 1 rings (SSSR count). The van der Waals surface area contributed by atoms with Gasteiger partial charge < -0.3 is 9.64 Å². The molecule has 0 aliphatic rings. The molecule has 0 spiro atoms. The topological polar surface area (TPSA) is 12.5 Å². The standard InChI is InChI=1S/C12H18BrNO/c1-10(8-13)9-14(2)11-6-4-5-7-12(11)15-3/h4-7,10H,8-9H2,1-3H3. The zero-order valence-electron chi connectivity index (χ0n) is 9.53. The van der Waals surface area contributed by atoms with E-state index in [0.717, 1.165) is 23.3 Å². The zero-order valence-corrected chi connectivity index (χ0v) is 11.1. The molecule has 0 heterocycles. The van der Waals surface area contributed by atoms with Crippen LogP contribution >= 0.6 is 15.9 Å². The van der Waals surface area contributed by atoms with Gasteiger partial charge in [-0.1, -0.05) is 35.0 Å². The van der Waals surface area contributed by atoms with E-state index in [1.54, 1.807) is 7.11 Å². The molecule has 0 N–H and O–H groups in total. The number of halogens is 1. The van der Waals surface area contributed by atoms with E-state index in [9.17, 15) is 0 Å². The molecule has 0 radical (unpaired) electrons. The van der Waals surface area contributed by atoms with Crippen molar-refractivity contribution in [2.45, 2.75) is 6.92 Å². The molecule has 15 heavy (non-hydrogen) atoms. The van der Waals surface area contributed by atoms with Gasteiger partial charge in [0, 0.05) is 18.9 Å². The second-order valence-corrected chi connectivity index (χ2v) is 4.46. The van der Waals surface area contributed by atoms with Crippen molar-refractivity contribution in [3.8, 4) is 5.75 Å². The predicted molar refractivity (Wildman–Crippen MR) is 69.2 cm³/mol. The molecule has 0 fully saturated rings. The Labute approximate surface area is 100 Å². The van der Waals surface area contributed by atoms with Crippen LogP contribution in [0, 0.1) is 5.92 Å². The van der Waals surface area contributed by atoms with Crippen LogP contribution in [0.25, 0.3) is 0 Å². The lowest BCUT2D eigenvalue weighted by Gasteiger charge is -2.24. The van der Waals surface area contributed by atoms with Gasteiger partial charge in [-0.15, -0.1) is 0 Å². The second kappa shape index (κ2) is 6.01. The second-order valence-electron chi connectivity index (χ2n) is 3.81. The lowest BCUT2D eigenvalue weighted by atomic mass is 10.2. The lowest BCUT2D eigenvalue weighted by Crippen LogP contribution is -2.24. The molecular weight excluding hydrogens is 254 g/mol. The first-order valence-electron chi connectivity index (χ1n) is 5.09. The Bertz CT molecular complexity index is 303. The Hall–Kier alpha value is -0.700. The van der Waals surface area contributed by atoms with Crippen LogP contribution in [0.2, 0.25) is 0 Å². The number of alkyl halides is 1. The monoisotopic (exact) mass is 271 g/mol. The molecule has 84 valence electrons. The predicted octanol–water partition coefficient (Wildman–Crippen LogP) is 3.16. The molecule has 0 aliphatic carbocycles. The van der Waals surface area contributed by atoms with Crippen molar-refractivity contribution in [1.82, 2.24) is 0 Å². The van der Waals surface area contributed by atoms with Crippen LogP contribution in [0.4, 0.5) is 5.69 Å². The van der Waals surface area contributed by atoms with Crippen LogP contribution in [0.1, 0.15) is 6.92 Å². The average molecular weight is 272 g/mol. The Balaban J connectivity index is 2.76. The maximum absolute atomic E-state index is 5.33. The lowest BCUT2D eigenvalue weighted by molar-refractivity contribution is 0.414. The van der Waals surface area contributed by atoms with Gasteiger partial charge in [0.15, 0.2) is 0 Å². The van der Waals surface area contributed by atoms with Gasteiger partial charge in [0.25, 0.3) is 0 Å². The quantitative estimate of drug-likeness (QED) is 0.763. The number of methoxy groups -OCH3 is 1. The largest absolute Gasteiger partial charge is 0.495 e. The first-order chi connectivity index (χ1) is 7.19. The SMILES string of the molecule is COc1ccccc1N(C)CC(C)CBr. The highest BCUT2D eigenvalue weighted by Gasteiger charge is 2.09. The van der Waals surface area contributed by atoms with E-state index < -0.39 is 0 Å². The van der Waals surface area contributed by atoms with E-state index in [0.29, 0.717) is 5.92 Å². The maximum Gasteiger partial charge on any atom is 0.142 e. The summed E-state index contributed by atoms with van der Waals surface area (Å²) in [5.74, 6) is 1.56. The molecule has 0 saturated heterocycles.